The Morgan fingerprint density at radius 2 is 2.24 bits per heavy atom. The van der Waals surface area contributed by atoms with Crippen molar-refractivity contribution in [2.24, 2.45) is 0 Å². The molecule has 1 aromatic carbocycles. The zero-order valence-electron chi connectivity index (χ0n) is 10.7. The Morgan fingerprint density at radius 3 is 2.88 bits per heavy atom. The molecular weight excluding hydrogens is 278 g/mol. The Labute approximate surface area is 113 Å². The van der Waals surface area contributed by atoms with Crippen molar-refractivity contribution in [3.05, 3.63) is 34.3 Å². The maximum atomic E-state index is 5.39. The summed E-state index contributed by atoms with van der Waals surface area (Å²) in [5, 5.41) is 3.27. The van der Waals surface area contributed by atoms with E-state index >= 15 is 0 Å². The summed E-state index contributed by atoms with van der Waals surface area (Å²) in [5.41, 5.74) is 1.39. The highest BCUT2D eigenvalue weighted by molar-refractivity contribution is 9.10. The van der Waals surface area contributed by atoms with Gasteiger partial charge in [-0.05, 0) is 50.4 Å². The van der Waals surface area contributed by atoms with Gasteiger partial charge in [-0.15, -0.1) is 0 Å². The van der Waals surface area contributed by atoms with Crippen LogP contribution in [-0.2, 0) is 4.74 Å². The summed E-state index contributed by atoms with van der Waals surface area (Å²) in [5.74, 6) is 0.568. The first-order valence-electron chi connectivity index (χ1n) is 6.25. The van der Waals surface area contributed by atoms with Crippen LogP contribution in [0.4, 0.5) is 0 Å². The first-order chi connectivity index (χ1) is 8.27. The summed E-state index contributed by atoms with van der Waals surface area (Å²) in [4.78, 5) is 0. The molecule has 1 unspecified atom stereocenters. The Bertz CT molecular complexity index is 317. The molecule has 0 fully saturated rings. The zero-order chi connectivity index (χ0) is 12.5. The van der Waals surface area contributed by atoms with Gasteiger partial charge in [-0.1, -0.05) is 28.1 Å². The lowest BCUT2D eigenvalue weighted by atomic mass is 9.94. The van der Waals surface area contributed by atoms with Crippen molar-refractivity contribution < 1.29 is 4.74 Å². The first kappa shape index (κ1) is 14.7. The van der Waals surface area contributed by atoms with E-state index in [1.807, 2.05) is 14.0 Å². The monoisotopic (exact) mass is 299 g/mol. The van der Waals surface area contributed by atoms with Crippen LogP contribution in [0, 0.1) is 0 Å². The molecule has 0 bridgehead atoms. The fraction of sp³-hybridized carbons (Fsp3) is 0.571. The van der Waals surface area contributed by atoms with E-state index in [2.05, 4.69) is 45.5 Å². The molecule has 3 heteroatoms. The number of halogens is 1. The normalized spacial score (nSPS) is 12.6. The third kappa shape index (κ3) is 5.66. The van der Waals surface area contributed by atoms with Gasteiger partial charge in [-0.3, -0.25) is 0 Å². The molecule has 1 N–H and O–H groups in total. The van der Waals surface area contributed by atoms with Gasteiger partial charge >= 0.3 is 0 Å². The van der Waals surface area contributed by atoms with Crippen LogP contribution in [0.25, 0.3) is 0 Å². The number of rotatable bonds is 8. The zero-order valence-corrected chi connectivity index (χ0v) is 12.3. The van der Waals surface area contributed by atoms with Crippen LogP contribution >= 0.6 is 15.9 Å². The third-order valence-corrected chi connectivity index (χ3v) is 3.31. The number of hydrogen-bond acceptors (Lipinski definition) is 2. The lowest BCUT2D eigenvalue weighted by molar-refractivity contribution is 0.142. The smallest absolute Gasteiger partial charge is 0.0466 e. The van der Waals surface area contributed by atoms with Crippen LogP contribution in [0.15, 0.2) is 28.7 Å². The lowest BCUT2D eigenvalue weighted by Gasteiger charge is -2.17. The Balaban J connectivity index is 2.52. The Kier molecular flexibility index (Phi) is 7.49. The topological polar surface area (TPSA) is 21.3 Å². The molecule has 17 heavy (non-hydrogen) atoms. The quantitative estimate of drug-likeness (QED) is 0.741. The maximum absolute atomic E-state index is 5.39. The molecule has 1 aromatic rings. The van der Waals surface area contributed by atoms with E-state index in [0.29, 0.717) is 5.92 Å². The minimum absolute atomic E-state index is 0.568. The van der Waals surface area contributed by atoms with Gasteiger partial charge in [0, 0.05) is 24.2 Å². The van der Waals surface area contributed by atoms with Crippen molar-refractivity contribution in [1.82, 2.24) is 5.32 Å². The van der Waals surface area contributed by atoms with Crippen molar-refractivity contribution in [3.63, 3.8) is 0 Å². The van der Waals surface area contributed by atoms with Crippen LogP contribution in [0.5, 0.6) is 0 Å². The average molecular weight is 300 g/mol. The Hall–Kier alpha value is -0.380. The standard InChI is InChI=1S/C14H22BrNO/c1-3-17-9-5-7-13(11-16-2)12-6-4-8-14(15)10-12/h4,6,8,10,13,16H,3,5,7,9,11H2,1-2H3. The van der Waals surface area contributed by atoms with E-state index in [-0.39, 0.29) is 0 Å². The second-order valence-electron chi connectivity index (χ2n) is 4.15. The van der Waals surface area contributed by atoms with Gasteiger partial charge in [0.05, 0.1) is 0 Å². The van der Waals surface area contributed by atoms with Gasteiger partial charge in [0.1, 0.15) is 0 Å². The van der Waals surface area contributed by atoms with Gasteiger partial charge in [-0.2, -0.15) is 0 Å². The van der Waals surface area contributed by atoms with E-state index in [9.17, 15) is 0 Å². The molecule has 0 aliphatic heterocycles. The van der Waals surface area contributed by atoms with Crippen molar-refractivity contribution in [2.45, 2.75) is 25.7 Å². The summed E-state index contributed by atoms with van der Waals surface area (Å²) in [6.07, 6.45) is 2.28. The molecule has 2 nitrogen and oxygen atoms in total. The predicted molar refractivity (Wildman–Crippen MR) is 76.5 cm³/mol. The number of benzene rings is 1. The van der Waals surface area contributed by atoms with Crippen LogP contribution < -0.4 is 5.32 Å². The summed E-state index contributed by atoms with van der Waals surface area (Å²) >= 11 is 3.53. The molecule has 0 aromatic heterocycles. The molecular formula is C14H22BrNO. The fourth-order valence-corrected chi connectivity index (χ4v) is 2.39. The molecule has 0 amide bonds. The maximum Gasteiger partial charge on any atom is 0.0466 e. The second kappa shape index (κ2) is 8.67. The van der Waals surface area contributed by atoms with E-state index in [0.717, 1.165) is 37.1 Å². The average Bonchev–Trinajstić information content (AvgIpc) is 2.33. The van der Waals surface area contributed by atoms with Crippen LogP contribution in [0.2, 0.25) is 0 Å². The minimum Gasteiger partial charge on any atom is -0.382 e. The fourth-order valence-electron chi connectivity index (χ4n) is 1.97. The SMILES string of the molecule is CCOCCCC(CNC)c1cccc(Br)c1. The number of likely N-dealkylation sites (N-methyl/N-ethyl adjacent to an activating group) is 1. The van der Waals surface area contributed by atoms with Crippen LogP contribution in [0.1, 0.15) is 31.2 Å². The highest BCUT2D eigenvalue weighted by atomic mass is 79.9. The molecule has 1 rings (SSSR count). The van der Waals surface area contributed by atoms with E-state index < -0.39 is 0 Å². The number of nitrogens with one attached hydrogen (secondary N) is 1. The van der Waals surface area contributed by atoms with Gasteiger partial charge in [0.25, 0.3) is 0 Å². The van der Waals surface area contributed by atoms with E-state index in [1.165, 1.54) is 5.56 Å². The van der Waals surface area contributed by atoms with Gasteiger partial charge in [0.15, 0.2) is 0 Å². The molecule has 0 saturated carbocycles. The molecule has 0 aliphatic rings. The molecule has 0 spiro atoms. The molecule has 0 heterocycles. The first-order valence-corrected chi connectivity index (χ1v) is 7.05. The minimum atomic E-state index is 0.568. The molecule has 1 atom stereocenters. The summed E-state index contributed by atoms with van der Waals surface area (Å²) < 4.78 is 6.55. The van der Waals surface area contributed by atoms with Crippen molar-refractivity contribution >= 4 is 15.9 Å². The van der Waals surface area contributed by atoms with E-state index in [4.69, 9.17) is 4.74 Å². The summed E-state index contributed by atoms with van der Waals surface area (Å²) in [7, 11) is 2.01. The second-order valence-corrected chi connectivity index (χ2v) is 5.06. The highest BCUT2D eigenvalue weighted by Gasteiger charge is 2.10. The largest absolute Gasteiger partial charge is 0.382 e. The predicted octanol–water partition coefficient (Wildman–Crippen LogP) is 3.57. The summed E-state index contributed by atoms with van der Waals surface area (Å²) in [6, 6.07) is 8.58. The van der Waals surface area contributed by atoms with Crippen LogP contribution in [-0.4, -0.2) is 26.8 Å². The van der Waals surface area contributed by atoms with Gasteiger partial charge < -0.3 is 10.1 Å². The van der Waals surface area contributed by atoms with E-state index in [1.54, 1.807) is 0 Å². The number of ether oxygens (including phenoxy) is 1. The van der Waals surface area contributed by atoms with Crippen molar-refractivity contribution in [2.75, 3.05) is 26.8 Å². The molecule has 0 saturated heterocycles. The number of hydrogen-bond donors (Lipinski definition) is 1. The lowest BCUT2D eigenvalue weighted by Crippen LogP contribution is -2.17. The van der Waals surface area contributed by atoms with Crippen LogP contribution in [0.3, 0.4) is 0 Å². The molecule has 0 aliphatic carbocycles. The molecule has 0 radical (unpaired) electrons. The summed E-state index contributed by atoms with van der Waals surface area (Å²) in [6.45, 7) is 4.74. The third-order valence-electron chi connectivity index (χ3n) is 2.82. The molecule has 96 valence electrons. The Morgan fingerprint density at radius 1 is 1.41 bits per heavy atom. The highest BCUT2D eigenvalue weighted by Crippen LogP contribution is 2.23. The van der Waals surface area contributed by atoms with Gasteiger partial charge in [-0.25, -0.2) is 0 Å². The van der Waals surface area contributed by atoms with Crippen molar-refractivity contribution in [1.29, 1.82) is 0 Å². The van der Waals surface area contributed by atoms with Crippen molar-refractivity contribution in [3.8, 4) is 0 Å². The van der Waals surface area contributed by atoms with Gasteiger partial charge in [0.2, 0.25) is 0 Å².